The Morgan fingerprint density at radius 2 is 1.88 bits per heavy atom. The molecule has 0 spiro atoms. The van der Waals surface area contributed by atoms with E-state index in [2.05, 4.69) is 10.4 Å². The van der Waals surface area contributed by atoms with Crippen LogP contribution in [0.2, 0.25) is 5.02 Å². The molecular weight excluding hydrogens is 350 g/mol. The quantitative estimate of drug-likeness (QED) is 0.707. The second kappa shape index (κ2) is 8.06. The largest absolute Gasteiger partial charge is 0.483 e. The highest BCUT2D eigenvalue weighted by molar-refractivity contribution is 6.30. The average molecular weight is 370 g/mol. The Labute approximate surface area is 157 Å². The van der Waals surface area contributed by atoms with Crippen LogP contribution in [0.5, 0.6) is 5.75 Å². The third-order valence-electron chi connectivity index (χ3n) is 3.95. The SMILES string of the molecule is Cc1ccccc1OCC(=O)Nc1cc(C)n(Cc2ccc(Cl)cc2)n1. The van der Waals surface area contributed by atoms with Crippen LogP contribution in [0.25, 0.3) is 0 Å². The lowest BCUT2D eigenvalue weighted by Crippen LogP contribution is -2.20. The Hall–Kier alpha value is -2.79. The maximum atomic E-state index is 12.1. The van der Waals surface area contributed by atoms with Crippen LogP contribution in [-0.2, 0) is 11.3 Å². The number of aryl methyl sites for hydroxylation is 2. The molecule has 3 rings (SSSR count). The predicted molar refractivity (Wildman–Crippen MR) is 103 cm³/mol. The zero-order chi connectivity index (χ0) is 18.5. The van der Waals surface area contributed by atoms with Gasteiger partial charge in [-0.3, -0.25) is 9.48 Å². The van der Waals surface area contributed by atoms with Gasteiger partial charge in [0.2, 0.25) is 0 Å². The summed E-state index contributed by atoms with van der Waals surface area (Å²) in [5.41, 5.74) is 3.03. The number of aromatic nitrogens is 2. The van der Waals surface area contributed by atoms with Crippen molar-refractivity contribution in [1.29, 1.82) is 0 Å². The Bertz CT molecular complexity index is 904. The number of benzene rings is 2. The number of nitrogens with one attached hydrogen (secondary N) is 1. The number of rotatable bonds is 6. The molecule has 1 N–H and O–H groups in total. The summed E-state index contributed by atoms with van der Waals surface area (Å²) in [6.07, 6.45) is 0. The maximum absolute atomic E-state index is 12.1. The normalized spacial score (nSPS) is 10.6. The summed E-state index contributed by atoms with van der Waals surface area (Å²) in [5, 5.41) is 7.91. The highest BCUT2D eigenvalue weighted by atomic mass is 35.5. The van der Waals surface area contributed by atoms with Crippen LogP contribution < -0.4 is 10.1 Å². The Morgan fingerprint density at radius 1 is 1.15 bits per heavy atom. The number of carbonyl (C=O) groups is 1. The summed E-state index contributed by atoms with van der Waals surface area (Å²) in [4.78, 5) is 12.1. The van der Waals surface area contributed by atoms with Crippen molar-refractivity contribution in [2.24, 2.45) is 0 Å². The molecule has 0 saturated heterocycles. The third kappa shape index (κ3) is 4.64. The van der Waals surface area contributed by atoms with Crippen LogP contribution in [-0.4, -0.2) is 22.3 Å². The molecule has 3 aromatic rings. The van der Waals surface area contributed by atoms with Gasteiger partial charge in [-0.05, 0) is 43.2 Å². The molecule has 26 heavy (non-hydrogen) atoms. The summed E-state index contributed by atoms with van der Waals surface area (Å²) in [6.45, 7) is 4.43. The molecule has 0 bridgehead atoms. The molecule has 0 aliphatic heterocycles. The van der Waals surface area contributed by atoms with E-state index in [0.717, 1.165) is 16.8 Å². The number of para-hydroxylation sites is 1. The van der Waals surface area contributed by atoms with E-state index < -0.39 is 0 Å². The number of anilines is 1. The third-order valence-corrected chi connectivity index (χ3v) is 4.20. The van der Waals surface area contributed by atoms with Crippen molar-refractivity contribution in [1.82, 2.24) is 9.78 Å². The van der Waals surface area contributed by atoms with Crippen molar-refractivity contribution in [3.05, 3.63) is 76.4 Å². The lowest BCUT2D eigenvalue weighted by atomic mass is 10.2. The Kier molecular flexibility index (Phi) is 5.58. The van der Waals surface area contributed by atoms with Gasteiger partial charge in [0.25, 0.3) is 5.91 Å². The molecular formula is C20H20ClN3O2. The first-order valence-electron chi connectivity index (χ1n) is 8.28. The summed E-state index contributed by atoms with van der Waals surface area (Å²) in [5.74, 6) is 0.964. The standard InChI is InChI=1S/C20H20ClN3O2/c1-14-5-3-4-6-18(14)26-13-20(25)22-19-11-15(2)24(23-19)12-16-7-9-17(21)10-8-16/h3-11H,12-13H2,1-2H3,(H,22,23,25). The molecule has 0 aliphatic carbocycles. The smallest absolute Gasteiger partial charge is 0.263 e. The number of carbonyl (C=O) groups excluding carboxylic acids is 1. The van der Waals surface area contributed by atoms with Crippen LogP contribution >= 0.6 is 11.6 Å². The fourth-order valence-electron chi connectivity index (χ4n) is 2.53. The van der Waals surface area contributed by atoms with Crippen LogP contribution in [0.1, 0.15) is 16.8 Å². The van der Waals surface area contributed by atoms with Gasteiger partial charge in [0.1, 0.15) is 5.75 Å². The van der Waals surface area contributed by atoms with Gasteiger partial charge in [-0.2, -0.15) is 5.10 Å². The lowest BCUT2D eigenvalue weighted by molar-refractivity contribution is -0.118. The number of amides is 1. The van der Waals surface area contributed by atoms with Gasteiger partial charge >= 0.3 is 0 Å². The fourth-order valence-corrected chi connectivity index (χ4v) is 2.66. The molecule has 0 aliphatic rings. The summed E-state index contributed by atoms with van der Waals surface area (Å²) >= 11 is 5.91. The molecule has 1 heterocycles. The molecule has 6 heteroatoms. The number of ether oxygens (including phenoxy) is 1. The van der Waals surface area contributed by atoms with E-state index in [-0.39, 0.29) is 12.5 Å². The molecule has 1 amide bonds. The van der Waals surface area contributed by atoms with Gasteiger partial charge in [-0.15, -0.1) is 0 Å². The molecule has 134 valence electrons. The van der Waals surface area contributed by atoms with Crippen molar-refractivity contribution < 1.29 is 9.53 Å². The summed E-state index contributed by atoms with van der Waals surface area (Å²) < 4.78 is 7.39. The molecule has 5 nitrogen and oxygen atoms in total. The van der Waals surface area contributed by atoms with Gasteiger partial charge < -0.3 is 10.1 Å². The minimum atomic E-state index is -0.246. The predicted octanol–water partition coefficient (Wildman–Crippen LogP) is 4.22. The minimum absolute atomic E-state index is 0.0616. The van der Waals surface area contributed by atoms with Gasteiger partial charge in [0, 0.05) is 16.8 Å². The second-order valence-electron chi connectivity index (χ2n) is 6.06. The van der Waals surface area contributed by atoms with E-state index in [4.69, 9.17) is 16.3 Å². The van der Waals surface area contributed by atoms with Crippen molar-refractivity contribution in [3.63, 3.8) is 0 Å². The Balaban J connectivity index is 1.59. The topological polar surface area (TPSA) is 56.1 Å². The van der Waals surface area contributed by atoms with Crippen molar-refractivity contribution >= 4 is 23.3 Å². The van der Waals surface area contributed by atoms with Gasteiger partial charge in [-0.25, -0.2) is 0 Å². The van der Waals surface area contributed by atoms with Crippen LogP contribution in [0.3, 0.4) is 0 Å². The lowest BCUT2D eigenvalue weighted by Gasteiger charge is -2.08. The molecule has 1 aromatic heterocycles. The molecule has 0 radical (unpaired) electrons. The minimum Gasteiger partial charge on any atom is -0.483 e. The monoisotopic (exact) mass is 369 g/mol. The van der Waals surface area contributed by atoms with E-state index >= 15 is 0 Å². The highest BCUT2D eigenvalue weighted by Crippen LogP contribution is 2.17. The first kappa shape index (κ1) is 18.0. The van der Waals surface area contributed by atoms with Crippen LogP contribution in [0.4, 0.5) is 5.82 Å². The van der Waals surface area contributed by atoms with E-state index in [1.807, 2.05) is 73.1 Å². The highest BCUT2D eigenvalue weighted by Gasteiger charge is 2.10. The van der Waals surface area contributed by atoms with E-state index in [0.29, 0.717) is 23.1 Å². The number of nitrogens with zero attached hydrogens (tertiary/aromatic N) is 2. The van der Waals surface area contributed by atoms with Crippen molar-refractivity contribution in [2.45, 2.75) is 20.4 Å². The van der Waals surface area contributed by atoms with Crippen molar-refractivity contribution in [3.8, 4) is 5.75 Å². The first-order valence-corrected chi connectivity index (χ1v) is 8.66. The number of halogens is 1. The van der Waals surface area contributed by atoms with Gasteiger partial charge in [0.15, 0.2) is 12.4 Å². The molecule has 0 atom stereocenters. The fraction of sp³-hybridized carbons (Fsp3) is 0.200. The number of hydrogen-bond acceptors (Lipinski definition) is 3. The van der Waals surface area contributed by atoms with Gasteiger partial charge in [0.05, 0.1) is 6.54 Å². The van der Waals surface area contributed by atoms with E-state index in [1.165, 1.54) is 0 Å². The van der Waals surface area contributed by atoms with Gasteiger partial charge in [-0.1, -0.05) is 41.9 Å². The maximum Gasteiger partial charge on any atom is 0.263 e. The van der Waals surface area contributed by atoms with Crippen molar-refractivity contribution in [2.75, 3.05) is 11.9 Å². The zero-order valence-corrected chi connectivity index (χ0v) is 15.5. The summed E-state index contributed by atoms with van der Waals surface area (Å²) in [6, 6.07) is 17.0. The Morgan fingerprint density at radius 3 is 2.62 bits per heavy atom. The summed E-state index contributed by atoms with van der Waals surface area (Å²) in [7, 11) is 0. The average Bonchev–Trinajstić information content (AvgIpc) is 2.95. The van der Waals surface area contributed by atoms with Crippen LogP contribution in [0, 0.1) is 13.8 Å². The number of hydrogen-bond donors (Lipinski definition) is 1. The molecule has 0 saturated carbocycles. The van der Waals surface area contributed by atoms with E-state index in [9.17, 15) is 4.79 Å². The van der Waals surface area contributed by atoms with E-state index in [1.54, 1.807) is 0 Å². The zero-order valence-electron chi connectivity index (χ0n) is 14.7. The molecule has 0 fully saturated rings. The first-order chi connectivity index (χ1) is 12.5. The van der Waals surface area contributed by atoms with Crippen LogP contribution in [0.15, 0.2) is 54.6 Å². The molecule has 2 aromatic carbocycles. The molecule has 0 unspecified atom stereocenters. The second-order valence-corrected chi connectivity index (χ2v) is 6.49.